The van der Waals surface area contributed by atoms with Gasteiger partial charge in [0, 0.05) is 11.4 Å². The van der Waals surface area contributed by atoms with Gasteiger partial charge in [-0.05, 0) is 12.1 Å². The molecule has 0 unspecified atom stereocenters. The maximum Gasteiger partial charge on any atom is 0.156 e. The minimum absolute atomic E-state index is 0.344. The van der Waals surface area contributed by atoms with Crippen LogP contribution in [0.15, 0.2) is 12.1 Å². The molecule has 0 spiro atoms. The molecule has 0 aromatic heterocycles. The van der Waals surface area contributed by atoms with E-state index in [1.165, 1.54) is 0 Å². The fourth-order valence-electron chi connectivity index (χ4n) is 0.921. The highest BCUT2D eigenvalue weighted by Gasteiger charge is 2.08. The summed E-state index contributed by atoms with van der Waals surface area (Å²) in [5.74, 6) is 0.402. The molecular weight excluding hydrogens is 277 g/mol. The Hall–Kier alpha value is -0.220. The highest BCUT2D eigenvalue weighted by atomic mass is 35.5. The Bertz CT molecular complexity index is 361. The van der Waals surface area contributed by atoms with Gasteiger partial charge in [-0.3, -0.25) is 0 Å². The van der Waals surface area contributed by atoms with Crippen molar-refractivity contribution in [1.82, 2.24) is 0 Å². The molecule has 82 valence electrons. The Morgan fingerprint density at radius 3 is 2.27 bits per heavy atom. The fourth-order valence-corrected chi connectivity index (χ4v) is 1.93. The highest BCUT2D eigenvalue weighted by molar-refractivity contribution is 7.80. The first-order valence-electron chi connectivity index (χ1n) is 4.06. The van der Waals surface area contributed by atoms with Crippen molar-refractivity contribution in [2.75, 3.05) is 6.61 Å². The minimum Gasteiger partial charge on any atom is -0.490 e. The first-order chi connectivity index (χ1) is 7.00. The average molecular weight is 285 g/mol. The standard InChI is InChI=1S/C9H8Cl3NOS/c10-5-3-6(11)9(7(12)4-5)14-2-1-8(13)15/h3-4H,1-2H2,(H2,13,15). The van der Waals surface area contributed by atoms with Crippen LogP contribution in [-0.4, -0.2) is 11.6 Å². The fraction of sp³-hybridized carbons (Fsp3) is 0.222. The van der Waals surface area contributed by atoms with E-state index in [9.17, 15) is 0 Å². The summed E-state index contributed by atoms with van der Waals surface area (Å²) < 4.78 is 5.34. The van der Waals surface area contributed by atoms with Crippen molar-refractivity contribution >= 4 is 52.0 Å². The number of halogens is 3. The normalized spacial score (nSPS) is 10.1. The minimum atomic E-state index is 0.344. The van der Waals surface area contributed by atoms with Gasteiger partial charge in [0.15, 0.2) is 5.75 Å². The number of nitrogens with two attached hydrogens (primary N) is 1. The van der Waals surface area contributed by atoms with E-state index in [2.05, 4.69) is 0 Å². The van der Waals surface area contributed by atoms with E-state index in [-0.39, 0.29) is 0 Å². The molecule has 0 aliphatic rings. The van der Waals surface area contributed by atoms with E-state index in [1.54, 1.807) is 12.1 Å². The first kappa shape index (κ1) is 12.8. The second kappa shape index (κ2) is 5.75. The van der Waals surface area contributed by atoms with Gasteiger partial charge in [-0.15, -0.1) is 0 Å². The topological polar surface area (TPSA) is 35.2 Å². The van der Waals surface area contributed by atoms with Crippen LogP contribution in [0.1, 0.15) is 6.42 Å². The van der Waals surface area contributed by atoms with Crippen molar-refractivity contribution in [2.24, 2.45) is 5.73 Å². The van der Waals surface area contributed by atoms with Crippen LogP contribution >= 0.6 is 47.0 Å². The van der Waals surface area contributed by atoms with E-state index >= 15 is 0 Å². The molecule has 0 saturated carbocycles. The Morgan fingerprint density at radius 1 is 1.27 bits per heavy atom. The van der Waals surface area contributed by atoms with Crippen LogP contribution < -0.4 is 10.5 Å². The van der Waals surface area contributed by atoms with Crippen molar-refractivity contribution in [3.05, 3.63) is 27.2 Å². The molecule has 0 bridgehead atoms. The number of hydrogen-bond donors (Lipinski definition) is 1. The van der Waals surface area contributed by atoms with Crippen molar-refractivity contribution < 1.29 is 4.74 Å². The second-order valence-corrected chi connectivity index (χ2v) is 4.54. The molecule has 1 aromatic rings. The third kappa shape index (κ3) is 4.03. The molecule has 1 aromatic carbocycles. The molecule has 0 aliphatic carbocycles. The number of rotatable bonds is 4. The molecule has 2 nitrogen and oxygen atoms in total. The average Bonchev–Trinajstić information content (AvgIpc) is 2.08. The second-order valence-electron chi connectivity index (χ2n) is 2.76. The van der Waals surface area contributed by atoms with Crippen LogP contribution in [0, 0.1) is 0 Å². The summed E-state index contributed by atoms with van der Waals surface area (Å²) in [5.41, 5.74) is 5.32. The van der Waals surface area contributed by atoms with E-state index in [0.717, 1.165) is 0 Å². The third-order valence-electron chi connectivity index (χ3n) is 1.56. The van der Waals surface area contributed by atoms with Gasteiger partial charge in [0.1, 0.15) is 0 Å². The molecule has 0 radical (unpaired) electrons. The number of thiocarbonyl (C=S) groups is 1. The quantitative estimate of drug-likeness (QED) is 0.856. The van der Waals surface area contributed by atoms with Crippen LogP contribution in [-0.2, 0) is 0 Å². The molecule has 0 heterocycles. The van der Waals surface area contributed by atoms with Crippen molar-refractivity contribution in [2.45, 2.75) is 6.42 Å². The largest absolute Gasteiger partial charge is 0.490 e. The van der Waals surface area contributed by atoms with Crippen LogP contribution in [0.5, 0.6) is 5.75 Å². The predicted octanol–water partition coefficient (Wildman–Crippen LogP) is 3.70. The maximum absolute atomic E-state index is 5.89. The lowest BCUT2D eigenvalue weighted by Crippen LogP contribution is -2.12. The first-order valence-corrected chi connectivity index (χ1v) is 5.60. The van der Waals surface area contributed by atoms with Crippen LogP contribution in [0.2, 0.25) is 15.1 Å². The molecular formula is C9H8Cl3NOS. The lowest BCUT2D eigenvalue weighted by molar-refractivity contribution is 0.330. The van der Waals surface area contributed by atoms with E-state index < -0.39 is 0 Å². The molecule has 1 rings (SSSR count). The number of hydrogen-bond acceptors (Lipinski definition) is 2. The Kier molecular flexibility index (Phi) is 4.93. The molecule has 0 fully saturated rings. The lowest BCUT2D eigenvalue weighted by atomic mass is 10.3. The molecule has 0 saturated heterocycles. The summed E-state index contributed by atoms with van der Waals surface area (Å²) in [6, 6.07) is 3.12. The molecule has 2 N–H and O–H groups in total. The zero-order valence-electron chi connectivity index (χ0n) is 7.60. The van der Waals surface area contributed by atoms with E-state index in [0.29, 0.717) is 38.8 Å². The van der Waals surface area contributed by atoms with Gasteiger partial charge < -0.3 is 10.5 Å². The molecule has 0 amide bonds. The third-order valence-corrected chi connectivity index (χ3v) is 2.54. The molecule has 0 atom stereocenters. The SMILES string of the molecule is NC(=S)CCOc1c(Cl)cc(Cl)cc1Cl. The summed E-state index contributed by atoms with van der Waals surface area (Å²) in [7, 11) is 0. The Labute approximate surface area is 108 Å². The summed E-state index contributed by atoms with van der Waals surface area (Å²) in [4.78, 5) is 0.385. The molecule has 15 heavy (non-hydrogen) atoms. The van der Waals surface area contributed by atoms with Crippen molar-refractivity contribution in [1.29, 1.82) is 0 Å². The smallest absolute Gasteiger partial charge is 0.156 e. The van der Waals surface area contributed by atoms with Crippen LogP contribution in [0.3, 0.4) is 0 Å². The van der Waals surface area contributed by atoms with Crippen LogP contribution in [0.25, 0.3) is 0 Å². The lowest BCUT2D eigenvalue weighted by Gasteiger charge is -2.09. The van der Waals surface area contributed by atoms with Crippen LogP contribution in [0.4, 0.5) is 0 Å². The molecule has 0 aliphatic heterocycles. The van der Waals surface area contributed by atoms with E-state index in [4.69, 9.17) is 57.5 Å². The van der Waals surface area contributed by atoms with Gasteiger partial charge in [-0.1, -0.05) is 47.0 Å². The zero-order chi connectivity index (χ0) is 11.4. The zero-order valence-corrected chi connectivity index (χ0v) is 10.7. The van der Waals surface area contributed by atoms with Crippen molar-refractivity contribution in [3.8, 4) is 5.75 Å². The van der Waals surface area contributed by atoms with Gasteiger partial charge in [0.05, 0.1) is 21.6 Å². The van der Waals surface area contributed by atoms with Gasteiger partial charge in [-0.25, -0.2) is 0 Å². The highest BCUT2D eigenvalue weighted by Crippen LogP contribution is 2.35. The maximum atomic E-state index is 5.89. The van der Waals surface area contributed by atoms with E-state index in [1.807, 2.05) is 0 Å². The molecule has 6 heteroatoms. The Morgan fingerprint density at radius 2 is 1.80 bits per heavy atom. The summed E-state index contributed by atoms with van der Waals surface area (Å²) in [5, 5.41) is 1.21. The number of benzene rings is 1. The number of ether oxygens (including phenoxy) is 1. The summed E-state index contributed by atoms with van der Waals surface area (Å²) >= 11 is 22.2. The summed E-state index contributed by atoms with van der Waals surface area (Å²) in [6.45, 7) is 0.344. The van der Waals surface area contributed by atoms with Gasteiger partial charge in [-0.2, -0.15) is 0 Å². The van der Waals surface area contributed by atoms with Crippen molar-refractivity contribution in [3.63, 3.8) is 0 Å². The Balaban J connectivity index is 2.72. The van der Waals surface area contributed by atoms with Gasteiger partial charge in [0.2, 0.25) is 0 Å². The van der Waals surface area contributed by atoms with Gasteiger partial charge >= 0.3 is 0 Å². The monoisotopic (exact) mass is 283 g/mol. The summed E-state index contributed by atoms with van der Waals surface area (Å²) in [6.07, 6.45) is 0.477. The van der Waals surface area contributed by atoms with Gasteiger partial charge in [0.25, 0.3) is 0 Å². The predicted molar refractivity (Wildman–Crippen MR) is 68.4 cm³/mol.